The van der Waals surface area contributed by atoms with E-state index in [9.17, 15) is 4.79 Å². The lowest BCUT2D eigenvalue weighted by Crippen LogP contribution is -2.05. The van der Waals surface area contributed by atoms with Crippen LogP contribution >= 0.6 is 0 Å². The van der Waals surface area contributed by atoms with Crippen molar-refractivity contribution in [3.63, 3.8) is 0 Å². The normalized spacial score (nSPS) is 10.0. The summed E-state index contributed by atoms with van der Waals surface area (Å²) < 4.78 is 15.5. The maximum Gasteiger partial charge on any atom is 0.196 e. The van der Waals surface area contributed by atoms with Crippen LogP contribution in [-0.4, -0.2) is 27.1 Å². The molecule has 2 aromatic carbocycles. The predicted molar refractivity (Wildman–Crippen MR) is 80.4 cm³/mol. The molecule has 110 valence electrons. The molecule has 0 aliphatic heterocycles. The molecular formula is C16H17NO4. The number of hydrogen-bond donors (Lipinski definition) is 1. The fourth-order valence-electron chi connectivity index (χ4n) is 2.02. The van der Waals surface area contributed by atoms with Crippen molar-refractivity contribution in [2.75, 3.05) is 27.1 Å². The maximum atomic E-state index is 12.6. The summed E-state index contributed by atoms with van der Waals surface area (Å²) in [7, 11) is 4.59. The molecule has 0 heterocycles. The molecule has 0 unspecified atom stereocenters. The van der Waals surface area contributed by atoms with Gasteiger partial charge in [-0.1, -0.05) is 0 Å². The number of carbonyl (C=O) groups excluding carboxylic acids is 1. The van der Waals surface area contributed by atoms with Gasteiger partial charge in [0.15, 0.2) is 5.78 Å². The molecule has 0 aliphatic carbocycles. The van der Waals surface area contributed by atoms with Crippen LogP contribution < -0.4 is 19.9 Å². The van der Waals surface area contributed by atoms with Crippen molar-refractivity contribution in [3.8, 4) is 17.2 Å². The average Bonchev–Trinajstić information content (AvgIpc) is 2.53. The van der Waals surface area contributed by atoms with E-state index >= 15 is 0 Å². The van der Waals surface area contributed by atoms with Crippen molar-refractivity contribution in [1.29, 1.82) is 0 Å². The first kappa shape index (κ1) is 14.7. The van der Waals surface area contributed by atoms with Crippen LogP contribution in [-0.2, 0) is 0 Å². The Bertz CT molecular complexity index is 667. The Morgan fingerprint density at radius 1 is 0.905 bits per heavy atom. The number of anilines is 1. The molecule has 5 heteroatoms. The first-order valence-corrected chi connectivity index (χ1v) is 6.31. The number of carbonyl (C=O) groups is 1. The lowest BCUT2D eigenvalue weighted by Gasteiger charge is -2.11. The first-order valence-electron chi connectivity index (χ1n) is 6.31. The second kappa shape index (κ2) is 6.17. The molecule has 0 saturated heterocycles. The van der Waals surface area contributed by atoms with Crippen LogP contribution in [0, 0.1) is 0 Å². The smallest absolute Gasteiger partial charge is 0.196 e. The van der Waals surface area contributed by atoms with Gasteiger partial charge in [0.2, 0.25) is 0 Å². The largest absolute Gasteiger partial charge is 0.497 e. The molecule has 5 nitrogen and oxygen atoms in total. The van der Waals surface area contributed by atoms with Gasteiger partial charge in [0.05, 0.1) is 32.6 Å². The van der Waals surface area contributed by atoms with Gasteiger partial charge in [-0.2, -0.15) is 0 Å². The molecule has 0 spiro atoms. The Labute approximate surface area is 123 Å². The maximum absolute atomic E-state index is 12.6. The van der Waals surface area contributed by atoms with Gasteiger partial charge in [-0.25, -0.2) is 0 Å². The van der Waals surface area contributed by atoms with Crippen LogP contribution in [0.2, 0.25) is 0 Å². The zero-order valence-electron chi connectivity index (χ0n) is 12.2. The fourth-order valence-corrected chi connectivity index (χ4v) is 2.02. The van der Waals surface area contributed by atoms with Gasteiger partial charge in [-0.3, -0.25) is 4.79 Å². The lowest BCUT2D eigenvalue weighted by molar-refractivity contribution is 0.103. The molecule has 0 aromatic heterocycles. The number of benzene rings is 2. The van der Waals surface area contributed by atoms with Crippen LogP contribution in [0.5, 0.6) is 17.2 Å². The molecule has 2 aromatic rings. The zero-order chi connectivity index (χ0) is 15.4. The Kier molecular flexibility index (Phi) is 4.33. The van der Waals surface area contributed by atoms with Gasteiger partial charge in [-0.15, -0.1) is 0 Å². The highest BCUT2D eigenvalue weighted by atomic mass is 16.5. The summed E-state index contributed by atoms with van der Waals surface area (Å²) in [6.45, 7) is 0. The van der Waals surface area contributed by atoms with E-state index in [2.05, 4.69) is 0 Å². The van der Waals surface area contributed by atoms with E-state index in [4.69, 9.17) is 19.9 Å². The van der Waals surface area contributed by atoms with Gasteiger partial charge in [0.25, 0.3) is 0 Å². The van der Waals surface area contributed by atoms with Crippen LogP contribution in [0.25, 0.3) is 0 Å². The number of nitrogens with two attached hydrogens (primary N) is 1. The molecule has 0 bridgehead atoms. The highest BCUT2D eigenvalue weighted by Crippen LogP contribution is 2.29. The summed E-state index contributed by atoms with van der Waals surface area (Å²) in [4.78, 5) is 12.6. The average molecular weight is 287 g/mol. The van der Waals surface area contributed by atoms with E-state index in [0.29, 0.717) is 34.1 Å². The topological polar surface area (TPSA) is 70.8 Å². The van der Waals surface area contributed by atoms with Crippen molar-refractivity contribution in [2.45, 2.75) is 0 Å². The minimum absolute atomic E-state index is 0.177. The molecule has 0 aliphatic rings. The molecule has 21 heavy (non-hydrogen) atoms. The van der Waals surface area contributed by atoms with Crippen molar-refractivity contribution in [2.24, 2.45) is 0 Å². The van der Waals surface area contributed by atoms with E-state index in [0.717, 1.165) is 0 Å². The Balaban J connectivity index is 2.42. The van der Waals surface area contributed by atoms with E-state index in [1.807, 2.05) is 0 Å². The summed E-state index contributed by atoms with van der Waals surface area (Å²) in [5.74, 6) is 1.43. The third-order valence-corrected chi connectivity index (χ3v) is 3.15. The molecule has 0 amide bonds. The standard InChI is InChI=1S/C16H17NO4/c1-19-11-5-6-12(15(9-11)21-3)16(18)10-4-7-14(20-2)13(17)8-10/h4-9H,17H2,1-3H3. The summed E-state index contributed by atoms with van der Waals surface area (Å²) in [5.41, 5.74) is 7.16. The second-order valence-electron chi connectivity index (χ2n) is 4.35. The third kappa shape index (κ3) is 2.91. The van der Waals surface area contributed by atoms with E-state index in [-0.39, 0.29) is 5.78 Å². The number of rotatable bonds is 5. The molecule has 2 N–H and O–H groups in total. The molecular weight excluding hydrogens is 270 g/mol. The van der Waals surface area contributed by atoms with Crippen molar-refractivity contribution >= 4 is 11.5 Å². The lowest BCUT2D eigenvalue weighted by atomic mass is 10.0. The molecule has 0 fully saturated rings. The van der Waals surface area contributed by atoms with Gasteiger partial charge < -0.3 is 19.9 Å². The van der Waals surface area contributed by atoms with Crippen molar-refractivity contribution in [1.82, 2.24) is 0 Å². The number of methoxy groups -OCH3 is 3. The van der Waals surface area contributed by atoms with Crippen molar-refractivity contribution in [3.05, 3.63) is 47.5 Å². The molecule has 0 radical (unpaired) electrons. The second-order valence-corrected chi connectivity index (χ2v) is 4.35. The van der Waals surface area contributed by atoms with Crippen LogP contribution in [0.15, 0.2) is 36.4 Å². The van der Waals surface area contributed by atoms with Gasteiger partial charge in [-0.05, 0) is 30.3 Å². The summed E-state index contributed by atoms with van der Waals surface area (Å²) in [5, 5.41) is 0. The number of hydrogen-bond acceptors (Lipinski definition) is 5. The van der Waals surface area contributed by atoms with Crippen LogP contribution in [0.4, 0.5) is 5.69 Å². The SMILES string of the molecule is COc1ccc(C(=O)c2ccc(OC)c(N)c2)c(OC)c1. The minimum atomic E-state index is -0.177. The van der Waals surface area contributed by atoms with Crippen LogP contribution in [0.1, 0.15) is 15.9 Å². The minimum Gasteiger partial charge on any atom is -0.497 e. The Morgan fingerprint density at radius 3 is 2.19 bits per heavy atom. The van der Waals surface area contributed by atoms with Crippen LogP contribution in [0.3, 0.4) is 0 Å². The Hall–Kier alpha value is -2.69. The number of ether oxygens (including phenoxy) is 3. The quantitative estimate of drug-likeness (QED) is 0.676. The fraction of sp³-hybridized carbons (Fsp3) is 0.188. The van der Waals surface area contributed by atoms with Gasteiger partial charge >= 0.3 is 0 Å². The molecule has 0 saturated carbocycles. The van der Waals surface area contributed by atoms with E-state index in [1.54, 1.807) is 43.5 Å². The number of nitrogen functional groups attached to an aromatic ring is 1. The summed E-state index contributed by atoms with van der Waals surface area (Å²) in [6, 6.07) is 9.97. The number of ketones is 1. The predicted octanol–water partition coefficient (Wildman–Crippen LogP) is 2.53. The zero-order valence-corrected chi connectivity index (χ0v) is 12.2. The highest BCUT2D eigenvalue weighted by Gasteiger charge is 2.16. The van der Waals surface area contributed by atoms with Gasteiger partial charge in [0, 0.05) is 11.6 Å². The van der Waals surface area contributed by atoms with Gasteiger partial charge in [0.1, 0.15) is 17.2 Å². The highest BCUT2D eigenvalue weighted by molar-refractivity contribution is 6.11. The molecule has 0 atom stereocenters. The van der Waals surface area contributed by atoms with Crippen molar-refractivity contribution < 1.29 is 19.0 Å². The van der Waals surface area contributed by atoms with E-state index < -0.39 is 0 Å². The van der Waals surface area contributed by atoms with E-state index in [1.165, 1.54) is 14.2 Å². The Morgan fingerprint density at radius 2 is 1.62 bits per heavy atom. The third-order valence-electron chi connectivity index (χ3n) is 3.15. The monoisotopic (exact) mass is 287 g/mol. The molecule has 2 rings (SSSR count). The summed E-state index contributed by atoms with van der Waals surface area (Å²) in [6.07, 6.45) is 0. The first-order chi connectivity index (χ1) is 10.1. The summed E-state index contributed by atoms with van der Waals surface area (Å²) >= 11 is 0.